The molecular weight excluding hydrogens is 336 g/mol. The Morgan fingerprint density at radius 1 is 1.32 bits per heavy atom. The standard InChI is InChI=1S/C17H16N6OS/c1-22-6-4-12-8-14(2-3-15(12)22)19-17(24)9-16(13-5-7-25-10-13)23-11-18-20-21-23/h2-8,10-11,16H,9H2,1H3,(H,19,24)/t16-/m0/s1. The Balaban J connectivity index is 1.53. The smallest absolute Gasteiger partial charge is 0.226 e. The van der Waals surface area contributed by atoms with Gasteiger partial charge in [-0.3, -0.25) is 4.79 Å². The van der Waals surface area contributed by atoms with Gasteiger partial charge < -0.3 is 9.88 Å². The summed E-state index contributed by atoms with van der Waals surface area (Å²) in [4.78, 5) is 12.6. The van der Waals surface area contributed by atoms with Crippen LogP contribution in [0.4, 0.5) is 5.69 Å². The minimum atomic E-state index is -0.221. The number of hydrogen-bond donors (Lipinski definition) is 1. The number of anilines is 1. The van der Waals surface area contributed by atoms with Crippen molar-refractivity contribution < 1.29 is 4.79 Å². The molecular formula is C17H16N6OS. The number of amides is 1. The van der Waals surface area contributed by atoms with E-state index in [4.69, 9.17) is 0 Å². The van der Waals surface area contributed by atoms with Crippen LogP contribution in [-0.4, -0.2) is 30.7 Å². The molecule has 1 amide bonds. The lowest BCUT2D eigenvalue weighted by Crippen LogP contribution is -2.20. The van der Waals surface area contributed by atoms with Gasteiger partial charge in [-0.15, -0.1) is 5.10 Å². The van der Waals surface area contributed by atoms with Crippen LogP contribution in [0.2, 0.25) is 0 Å². The molecule has 126 valence electrons. The first-order valence-corrected chi connectivity index (χ1v) is 8.74. The number of tetrazole rings is 1. The highest BCUT2D eigenvalue weighted by Crippen LogP contribution is 2.25. The minimum absolute atomic E-state index is 0.0815. The average Bonchev–Trinajstić information content (AvgIpc) is 3.35. The van der Waals surface area contributed by atoms with Gasteiger partial charge in [-0.25, -0.2) is 4.68 Å². The molecule has 1 atom stereocenters. The molecule has 4 aromatic rings. The van der Waals surface area contributed by atoms with E-state index in [1.807, 2.05) is 58.9 Å². The lowest BCUT2D eigenvalue weighted by Gasteiger charge is -2.15. The fourth-order valence-electron chi connectivity index (χ4n) is 2.89. The number of fused-ring (bicyclic) bond motifs is 1. The second-order valence-electron chi connectivity index (χ2n) is 5.81. The van der Waals surface area contributed by atoms with E-state index < -0.39 is 0 Å². The van der Waals surface area contributed by atoms with Crippen LogP contribution in [0.5, 0.6) is 0 Å². The number of carbonyl (C=O) groups is 1. The van der Waals surface area contributed by atoms with Crippen LogP contribution in [0, 0.1) is 0 Å². The monoisotopic (exact) mass is 352 g/mol. The first kappa shape index (κ1) is 15.5. The van der Waals surface area contributed by atoms with Gasteiger partial charge in [0, 0.05) is 29.8 Å². The molecule has 0 saturated heterocycles. The molecule has 25 heavy (non-hydrogen) atoms. The fourth-order valence-corrected chi connectivity index (χ4v) is 3.59. The van der Waals surface area contributed by atoms with Crippen LogP contribution in [0.15, 0.2) is 53.6 Å². The highest BCUT2D eigenvalue weighted by Gasteiger charge is 2.20. The number of aromatic nitrogens is 5. The highest BCUT2D eigenvalue weighted by atomic mass is 32.1. The number of rotatable bonds is 5. The number of carbonyl (C=O) groups excluding carboxylic acids is 1. The molecule has 0 fully saturated rings. The Labute approximate surface area is 147 Å². The van der Waals surface area contributed by atoms with Crippen molar-refractivity contribution in [3.8, 4) is 0 Å². The molecule has 0 spiro atoms. The molecule has 0 unspecified atom stereocenters. The van der Waals surface area contributed by atoms with Gasteiger partial charge in [-0.05, 0) is 57.1 Å². The largest absolute Gasteiger partial charge is 0.351 e. The van der Waals surface area contributed by atoms with Crippen molar-refractivity contribution in [2.75, 3.05) is 5.32 Å². The third kappa shape index (κ3) is 3.16. The van der Waals surface area contributed by atoms with Crippen LogP contribution < -0.4 is 5.32 Å². The summed E-state index contributed by atoms with van der Waals surface area (Å²) in [5, 5.41) is 19.4. The number of benzene rings is 1. The molecule has 0 saturated carbocycles. The molecule has 0 aliphatic rings. The van der Waals surface area contributed by atoms with Crippen molar-refractivity contribution in [2.24, 2.45) is 7.05 Å². The SMILES string of the molecule is Cn1ccc2cc(NC(=O)C[C@@H](c3ccsc3)n3cnnn3)ccc21. The molecule has 1 aromatic carbocycles. The molecule has 0 aliphatic heterocycles. The second-order valence-corrected chi connectivity index (χ2v) is 6.59. The number of hydrogen-bond acceptors (Lipinski definition) is 5. The molecule has 3 aromatic heterocycles. The van der Waals surface area contributed by atoms with E-state index in [9.17, 15) is 4.79 Å². The van der Waals surface area contributed by atoms with Gasteiger partial charge in [-0.2, -0.15) is 11.3 Å². The second kappa shape index (κ2) is 6.48. The minimum Gasteiger partial charge on any atom is -0.351 e. The van der Waals surface area contributed by atoms with Crippen LogP contribution in [-0.2, 0) is 11.8 Å². The zero-order chi connectivity index (χ0) is 17.2. The zero-order valence-corrected chi connectivity index (χ0v) is 14.3. The number of nitrogens with zero attached hydrogens (tertiary/aromatic N) is 5. The maximum Gasteiger partial charge on any atom is 0.226 e. The molecule has 0 aliphatic carbocycles. The molecule has 1 N–H and O–H groups in total. The molecule has 7 nitrogen and oxygen atoms in total. The molecule has 8 heteroatoms. The van der Waals surface area contributed by atoms with Gasteiger partial charge in [0.15, 0.2) is 0 Å². The van der Waals surface area contributed by atoms with Crippen LogP contribution in [0.25, 0.3) is 10.9 Å². The Hall–Kier alpha value is -3.00. The molecule has 3 heterocycles. The normalized spacial score (nSPS) is 12.4. The fraction of sp³-hybridized carbons (Fsp3) is 0.176. The predicted molar refractivity (Wildman–Crippen MR) is 96.4 cm³/mol. The van der Waals surface area contributed by atoms with Crippen molar-refractivity contribution in [2.45, 2.75) is 12.5 Å². The molecule has 0 bridgehead atoms. The quantitative estimate of drug-likeness (QED) is 0.599. The van der Waals surface area contributed by atoms with Crippen LogP contribution in [0.1, 0.15) is 18.0 Å². The van der Waals surface area contributed by atoms with E-state index in [0.717, 1.165) is 22.2 Å². The van der Waals surface area contributed by atoms with Crippen molar-refractivity contribution in [3.05, 3.63) is 59.2 Å². The van der Waals surface area contributed by atoms with Crippen molar-refractivity contribution in [3.63, 3.8) is 0 Å². The molecule has 4 rings (SSSR count). The Morgan fingerprint density at radius 2 is 2.24 bits per heavy atom. The number of aryl methyl sites for hydroxylation is 1. The van der Waals surface area contributed by atoms with Crippen molar-refractivity contribution in [1.29, 1.82) is 0 Å². The molecule has 0 radical (unpaired) electrons. The topological polar surface area (TPSA) is 77.6 Å². The summed E-state index contributed by atoms with van der Waals surface area (Å²) < 4.78 is 3.66. The van der Waals surface area contributed by atoms with Crippen molar-refractivity contribution in [1.82, 2.24) is 24.8 Å². The van der Waals surface area contributed by atoms with E-state index in [1.54, 1.807) is 16.0 Å². The first-order chi connectivity index (χ1) is 12.2. The maximum atomic E-state index is 12.6. The third-order valence-corrected chi connectivity index (χ3v) is 4.86. The Morgan fingerprint density at radius 3 is 3.00 bits per heavy atom. The Bertz CT molecular complexity index is 955. The Kier molecular flexibility index (Phi) is 4.02. The first-order valence-electron chi connectivity index (χ1n) is 7.80. The number of nitrogens with one attached hydrogen (secondary N) is 1. The van der Waals surface area contributed by atoms with Crippen LogP contribution >= 0.6 is 11.3 Å². The van der Waals surface area contributed by atoms with Gasteiger partial charge in [-0.1, -0.05) is 0 Å². The summed E-state index contributed by atoms with van der Waals surface area (Å²) in [6, 6.07) is 9.69. The maximum absolute atomic E-state index is 12.6. The van der Waals surface area contributed by atoms with E-state index >= 15 is 0 Å². The van der Waals surface area contributed by atoms with Gasteiger partial charge in [0.25, 0.3) is 0 Å². The summed E-state index contributed by atoms with van der Waals surface area (Å²) in [7, 11) is 2.00. The van der Waals surface area contributed by atoms with Gasteiger partial charge in [0.1, 0.15) is 6.33 Å². The third-order valence-electron chi connectivity index (χ3n) is 4.16. The predicted octanol–water partition coefficient (Wildman–Crippen LogP) is 2.84. The van der Waals surface area contributed by atoms with Gasteiger partial charge in [0.2, 0.25) is 5.91 Å². The summed E-state index contributed by atoms with van der Waals surface area (Å²) in [6.07, 6.45) is 3.79. The van der Waals surface area contributed by atoms with E-state index in [2.05, 4.69) is 20.8 Å². The lowest BCUT2D eigenvalue weighted by molar-refractivity contribution is -0.116. The van der Waals surface area contributed by atoms with Gasteiger partial charge >= 0.3 is 0 Å². The summed E-state index contributed by atoms with van der Waals surface area (Å²) in [5.41, 5.74) is 2.93. The average molecular weight is 352 g/mol. The zero-order valence-electron chi connectivity index (χ0n) is 13.5. The van der Waals surface area contributed by atoms with Crippen LogP contribution in [0.3, 0.4) is 0 Å². The van der Waals surface area contributed by atoms with E-state index in [0.29, 0.717) is 0 Å². The summed E-state index contributed by atoms with van der Waals surface area (Å²) >= 11 is 1.58. The lowest BCUT2D eigenvalue weighted by atomic mass is 10.1. The summed E-state index contributed by atoms with van der Waals surface area (Å²) in [6.45, 7) is 0. The van der Waals surface area contributed by atoms with E-state index in [-0.39, 0.29) is 18.4 Å². The van der Waals surface area contributed by atoms with Crippen molar-refractivity contribution >= 4 is 33.8 Å². The van der Waals surface area contributed by atoms with Gasteiger partial charge in [0.05, 0.1) is 12.5 Å². The summed E-state index contributed by atoms with van der Waals surface area (Å²) in [5.74, 6) is -0.0815. The van der Waals surface area contributed by atoms with E-state index in [1.165, 1.54) is 6.33 Å². The number of thiophene rings is 1. The highest BCUT2D eigenvalue weighted by molar-refractivity contribution is 7.08.